The standard InChI is InChI=1S/C11H17NO2/c1-8-6-7-12(9(8)2)10(13)14-11(3,4)5/h6-7H,1-5H3. The molecule has 0 saturated carbocycles. The lowest BCUT2D eigenvalue weighted by atomic mass is 10.2. The fourth-order valence-electron chi connectivity index (χ4n) is 1.12. The summed E-state index contributed by atoms with van der Waals surface area (Å²) in [4.78, 5) is 11.6. The zero-order valence-electron chi connectivity index (χ0n) is 9.42. The Kier molecular flexibility index (Phi) is 2.69. The molecule has 0 N–H and O–H groups in total. The molecule has 3 heteroatoms. The van der Waals surface area contributed by atoms with Gasteiger partial charge in [-0.1, -0.05) is 0 Å². The van der Waals surface area contributed by atoms with E-state index in [1.54, 1.807) is 6.20 Å². The molecule has 0 aliphatic heterocycles. The first-order valence-corrected chi connectivity index (χ1v) is 4.69. The van der Waals surface area contributed by atoms with Crippen LogP contribution in [0.15, 0.2) is 12.3 Å². The second-order valence-electron chi connectivity index (χ2n) is 4.43. The highest BCUT2D eigenvalue weighted by Gasteiger charge is 2.18. The molecule has 0 saturated heterocycles. The van der Waals surface area contributed by atoms with E-state index in [9.17, 15) is 4.79 Å². The molecule has 0 unspecified atom stereocenters. The number of hydrogen-bond donors (Lipinski definition) is 0. The monoisotopic (exact) mass is 195 g/mol. The molecule has 0 aromatic carbocycles. The Morgan fingerprint density at radius 1 is 1.36 bits per heavy atom. The smallest absolute Gasteiger partial charge is 0.418 e. The van der Waals surface area contributed by atoms with Gasteiger partial charge < -0.3 is 4.74 Å². The fraction of sp³-hybridized carbons (Fsp3) is 0.545. The molecule has 1 rings (SSSR count). The van der Waals surface area contributed by atoms with Crippen LogP contribution in [-0.2, 0) is 4.74 Å². The minimum Gasteiger partial charge on any atom is -0.443 e. The summed E-state index contributed by atoms with van der Waals surface area (Å²) >= 11 is 0. The number of hydrogen-bond acceptors (Lipinski definition) is 2. The van der Waals surface area contributed by atoms with Gasteiger partial charge in [0, 0.05) is 11.9 Å². The first-order chi connectivity index (χ1) is 6.31. The van der Waals surface area contributed by atoms with E-state index < -0.39 is 5.60 Å². The average Bonchev–Trinajstić information content (AvgIpc) is 2.29. The molecule has 0 aliphatic rings. The van der Waals surface area contributed by atoms with Crippen LogP contribution < -0.4 is 0 Å². The van der Waals surface area contributed by atoms with E-state index in [0.29, 0.717) is 0 Å². The van der Waals surface area contributed by atoms with Crippen LogP contribution in [0.5, 0.6) is 0 Å². The van der Waals surface area contributed by atoms with Gasteiger partial charge >= 0.3 is 6.09 Å². The fourth-order valence-corrected chi connectivity index (χ4v) is 1.12. The highest BCUT2D eigenvalue weighted by atomic mass is 16.6. The van der Waals surface area contributed by atoms with Crippen LogP contribution in [0.2, 0.25) is 0 Å². The molecule has 78 valence electrons. The molecule has 0 fully saturated rings. The van der Waals surface area contributed by atoms with Crippen molar-refractivity contribution in [3.63, 3.8) is 0 Å². The van der Waals surface area contributed by atoms with Gasteiger partial charge in [-0.15, -0.1) is 0 Å². The number of carbonyl (C=O) groups is 1. The van der Waals surface area contributed by atoms with Crippen molar-refractivity contribution in [3.05, 3.63) is 23.5 Å². The molecule has 14 heavy (non-hydrogen) atoms. The third-order valence-corrected chi connectivity index (χ3v) is 2.00. The van der Waals surface area contributed by atoms with E-state index in [1.807, 2.05) is 40.7 Å². The van der Waals surface area contributed by atoms with Crippen molar-refractivity contribution in [1.29, 1.82) is 0 Å². The maximum atomic E-state index is 11.6. The summed E-state index contributed by atoms with van der Waals surface area (Å²) in [5.41, 5.74) is 1.58. The second kappa shape index (κ2) is 3.48. The first kappa shape index (κ1) is 10.8. The van der Waals surface area contributed by atoms with Crippen molar-refractivity contribution in [2.24, 2.45) is 0 Å². The first-order valence-electron chi connectivity index (χ1n) is 4.69. The molecular weight excluding hydrogens is 178 g/mol. The minimum atomic E-state index is -0.443. The number of ether oxygens (including phenoxy) is 1. The summed E-state index contributed by atoms with van der Waals surface area (Å²) in [6.07, 6.45) is 1.42. The van der Waals surface area contributed by atoms with Crippen LogP contribution in [0.4, 0.5) is 4.79 Å². The van der Waals surface area contributed by atoms with Crippen LogP contribution in [0.3, 0.4) is 0 Å². The molecule has 0 radical (unpaired) electrons. The van der Waals surface area contributed by atoms with Gasteiger partial charge in [0.2, 0.25) is 0 Å². The minimum absolute atomic E-state index is 0.317. The third-order valence-electron chi connectivity index (χ3n) is 2.00. The Bertz CT molecular complexity index is 345. The summed E-state index contributed by atoms with van der Waals surface area (Å²) in [7, 11) is 0. The van der Waals surface area contributed by atoms with Crippen LogP contribution >= 0.6 is 0 Å². The summed E-state index contributed by atoms with van der Waals surface area (Å²) in [6.45, 7) is 9.44. The Hall–Kier alpha value is -1.25. The molecule has 1 heterocycles. The van der Waals surface area contributed by atoms with Crippen LogP contribution in [0.25, 0.3) is 0 Å². The highest BCUT2D eigenvalue weighted by Crippen LogP contribution is 2.13. The number of aromatic nitrogens is 1. The van der Waals surface area contributed by atoms with Crippen molar-refractivity contribution < 1.29 is 9.53 Å². The lowest BCUT2D eigenvalue weighted by Crippen LogP contribution is -2.27. The summed E-state index contributed by atoms with van der Waals surface area (Å²) in [5, 5.41) is 0. The number of rotatable bonds is 0. The van der Waals surface area contributed by atoms with E-state index in [-0.39, 0.29) is 6.09 Å². The van der Waals surface area contributed by atoms with E-state index in [4.69, 9.17) is 4.74 Å². The lowest BCUT2D eigenvalue weighted by Gasteiger charge is -2.20. The zero-order chi connectivity index (χ0) is 10.9. The topological polar surface area (TPSA) is 31.2 Å². The largest absolute Gasteiger partial charge is 0.443 e. The normalized spacial score (nSPS) is 11.5. The molecule has 0 atom stereocenters. The molecule has 1 aromatic heterocycles. The summed E-state index contributed by atoms with van der Waals surface area (Å²) in [5.74, 6) is 0. The van der Waals surface area contributed by atoms with Crippen molar-refractivity contribution in [2.75, 3.05) is 0 Å². The van der Waals surface area contributed by atoms with Gasteiger partial charge in [0.1, 0.15) is 5.60 Å². The SMILES string of the molecule is Cc1ccn(C(=O)OC(C)(C)C)c1C. The van der Waals surface area contributed by atoms with Crippen LogP contribution in [-0.4, -0.2) is 16.3 Å². The molecule has 1 aromatic rings. The van der Waals surface area contributed by atoms with E-state index in [0.717, 1.165) is 11.3 Å². The van der Waals surface area contributed by atoms with Gasteiger partial charge in [0.15, 0.2) is 0 Å². The Morgan fingerprint density at radius 2 is 1.93 bits per heavy atom. The number of aryl methyl sites for hydroxylation is 1. The Labute approximate surface area is 84.7 Å². The highest BCUT2D eigenvalue weighted by molar-refractivity contribution is 5.72. The van der Waals surface area contributed by atoms with Gasteiger partial charge in [-0.3, -0.25) is 4.57 Å². The van der Waals surface area contributed by atoms with Gasteiger partial charge in [-0.05, 0) is 46.2 Å². The quantitative estimate of drug-likeness (QED) is 0.637. The molecule has 0 spiro atoms. The summed E-state index contributed by atoms with van der Waals surface area (Å²) in [6, 6.07) is 1.90. The molecule has 3 nitrogen and oxygen atoms in total. The molecule has 0 aliphatic carbocycles. The number of nitrogens with zero attached hydrogens (tertiary/aromatic N) is 1. The van der Waals surface area contributed by atoms with Crippen molar-refractivity contribution in [2.45, 2.75) is 40.2 Å². The van der Waals surface area contributed by atoms with Crippen molar-refractivity contribution in [3.8, 4) is 0 Å². The van der Waals surface area contributed by atoms with Gasteiger partial charge in [0.25, 0.3) is 0 Å². The molecule has 0 bridgehead atoms. The predicted octanol–water partition coefficient (Wildman–Crippen LogP) is 2.89. The van der Waals surface area contributed by atoms with Gasteiger partial charge in [0.05, 0.1) is 0 Å². The maximum absolute atomic E-state index is 11.6. The second-order valence-corrected chi connectivity index (χ2v) is 4.43. The lowest BCUT2D eigenvalue weighted by molar-refractivity contribution is 0.0534. The van der Waals surface area contributed by atoms with Gasteiger partial charge in [-0.25, -0.2) is 4.79 Å². The van der Waals surface area contributed by atoms with E-state index >= 15 is 0 Å². The Balaban J connectivity index is 2.86. The van der Waals surface area contributed by atoms with Crippen molar-refractivity contribution in [1.82, 2.24) is 4.57 Å². The van der Waals surface area contributed by atoms with Crippen molar-refractivity contribution >= 4 is 6.09 Å². The zero-order valence-corrected chi connectivity index (χ0v) is 9.42. The Morgan fingerprint density at radius 3 is 2.29 bits per heavy atom. The molecule has 0 amide bonds. The molecular formula is C11H17NO2. The maximum Gasteiger partial charge on any atom is 0.418 e. The predicted molar refractivity (Wildman–Crippen MR) is 55.5 cm³/mol. The van der Waals surface area contributed by atoms with Crippen LogP contribution in [0, 0.1) is 13.8 Å². The van der Waals surface area contributed by atoms with E-state index in [1.165, 1.54) is 4.57 Å². The average molecular weight is 195 g/mol. The summed E-state index contributed by atoms with van der Waals surface area (Å²) < 4.78 is 6.77. The van der Waals surface area contributed by atoms with E-state index in [2.05, 4.69) is 0 Å². The number of carbonyl (C=O) groups excluding carboxylic acids is 1. The van der Waals surface area contributed by atoms with Gasteiger partial charge in [-0.2, -0.15) is 0 Å². The third kappa shape index (κ3) is 2.37. The van der Waals surface area contributed by atoms with Crippen LogP contribution in [0.1, 0.15) is 32.0 Å².